The molecule has 0 aromatic heterocycles. The van der Waals surface area contributed by atoms with Crippen molar-refractivity contribution in [2.45, 2.75) is 13.0 Å². The first-order chi connectivity index (χ1) is 8.91. The van der Waals surface area contributed by atoms with Crippen molar-refractivity contribution < 1.29 is 13.2 Å². The molecule has 1 atom stereocenters. The molecule has 5 heteroatoms. The van der Waals surface area contributed by atoms with Crippen molar-refractivity contribution in [1.82, 2.24) is 0 Å². The molecule has 0 aliphatic heterocycles. The highest BCUT2D eigenvalue weighted by Crippen LogP contribution is 2.28. The summed E-state index contributed by atoms with van der Waals surface area (Å²) in [5.41, 5.74) is 6.06. The van der Waals surface area contributed by atoms with E-state index >= 15 is 0 Å². The van der Waals surface area contributed by atoms with Crippen LogP contribution in [0.4, 0.5) is 13.2 Å². The molecule has 0 saturated heterocycles. The van der Waals surface area contributed by atoms with Crippen molar-refractivity contribution in [3.8, 4) is 0 Å². The molecule has 0 radical (unpaired) electrons. The summed E-state index contributed by atoms with van der Waals surface area (Å²) >= 11 is 3.19. The Balaban J connectivity index is 2.53. The lowest BCUT2D eigenvalue weighted by atomic mass is 9.97. The summed E-state index contributed by atoms with van der Waals surface area (Å²) in [6.45, 7) is 1.45. The van der Waals surface area contributed by atoms with E-state index in [1.165, 1.54) is 37.3 Å². The maximum Gasteiger partial charge on any atom is 0.164 e. The van der Waals surface area contributed by atoms with E-state index in [-0.39, 0.29) is 16.7 Å². The Kier molecular flexibility index (Phi) is 3.96. The smallest absolute Gasteiger partial charge is 0.164 e. The molecule has 2 aromatic carbocycles. The fourth-order valence-corrected chi connectivity index (χ4v) is 2.20. The summed E-state index contributed by atoms with van der Waals surface area (Å²) in [4.78, 5) is 0. The second kappa shape index (κ2) is 5.35. The van der Waals surface area contributed by atoms with Crippen LogP contribution in [0.15, 0.2) is 34.8 Å². The Hall–Kier alpha value is -1.33. The summed E-state index contributed by atoms with van der Waals surface area (Å²) in [6.07, 6.45) is 0. The third-order valence-corrected chi connectivity index (χ3v) is 3.43. The topological polar surface area (TPSA) is 26.0 Å². The average molecular weight is 330 g/mol. The van der Waals surface area contributed by atoms with Crippen molar-refractivity contribution in [2.75, 3.05) is 0 Å². The molecule has 0 spiro atoms. The van der Waals surface area contributed by atoms with Crippen LogP contribution >= 0.6 is 15.9 Å². The molecule has 0 fully saturated rings. The molecule has 0 saturated carbocycles. The van der Waals surface area contributed by atoms with Gasteiger partial charge < -0.3 is 5.73 Å². The lowest BCUT2D eigenvalue weighted by Gasteiger charge is -2.15. The molecule has 1 nitrogen and oxygen atoms in total. The molecule has 2 N–H and O–H groups in total. The zero-order valence-corrected chi connectivity index (χ0v) is 11.6. The second-order valence-electron chi connectivity index (χ2n) is 4.24. The minimum absolute atomic E-state index is 0.0694. The number of hydrogen-bond acceptors (Lipinski definition) is 1. The van der Waals surface area contributed by atoms with Crippen molar-refractivity contribution in [2.24, 2.45) is 5.73 Å². The molecule has 0 heterocycles. The van der Waals surface area contributed by atoms with Gasteiger partial charge in [0.15, 0.2) is 11.6 Å². The summed E-state index contributed by atoms with van der Waals surface area (Å²) in [7, 11) is 0. The molecule has 19 heavy (non-hydrogen) atoms. The maximum atomic E-state index is 13.8. The second-order valence-corrected chi connectivity index (χ2v) is 5.16. The zero-order chi connectivity index (χ0) is 14.2. The lowest BCUT2D eigenvalue weighted by Crippen LogP contribution is -2.16. The third kappa shape index (κ3) is 2.67. The number of rotatable bonds is 2. The van der Waals surface area contributed by atoms with Gasteiger partial charge in [-0.15, -0.1) is 0 Å². The fraction of sp³-hybridized carbons (Fsp3) is 0.143. The first-order valence-electron chi connectivity index (χ1n) is 5.57. The molecule has 0 bridgehead atoms. The Morgan fingerprint density at radius 1 is 1.00 bits per heavy atom. The Morgan fingerprint density at radius 2 is 1.68 bits per heavy atom. The molecular weight excluding hydrogens is 319 g/mol. The Bertz CT molecular complexity index is 628. The quantitative estimate of drug-likeness (QED) is 0.876. The SMILES string of the molecule is Cc1ccc(C(N)c2cc(Br)ccc2F)c(F)c1F. The van der Waals surface area contributed by atoms with Crippen LogP contribution in [0, 0.1) is 24.4 Å². The van der Waals surface area contributed by atoms with E-state index in [0.29, 0.717) is 4.47 Å². The highest BCUT2D eigenvalue weighted by molar-refractivity contribution is 9.10. The van der Waals surface area contributed by atoms with Crippen LogP contribution in [0.25, 0.3) is 0 Å². The first-order valence-corrected chi connectivity index (χ1v) is 6.36. The van der Waals surface area contributed by atoms with Crippen LogP contribution in [0.1, 0.15) is 22.7 Å². The van der Waals surface area contributed by atoms with Crippen molar-refractivity contribution in [1.29, 1.82) is 0 Å². The number of halogens is 4. The monoisotopic (exact) mass is 329 g/mol. The van der Waals surface area contributed by atoms with Gasteiger partial charge in [0.1, 0.15) is 5.82 Å². The van der Waals surface area contributed by atoms with Gasteiger partial charge in [-0.05, 0) is 30.7 Å². The van der Waals surface area contributed by atoms with E-state index < -0.39 is 23.5 Å². The van der Waals surface area contributed by atoms with Crippen LogP contribution in [0.3, 0.4) is 0 Å². The minimum Gasteiger partial charge on any atom is -0.320 e. The van der Waals surface area contributed by atoms with Gasteiger partial charge >= 0.3 is 0 Å². The van der Waals surface area contributed by atoms with E-state index in [2.05, 4.69) is 15.9 Å². The number of aryl methyl sites for hydroxylation is 1. The van der Waals surface area contributed by atoms with Gasteiger partial charge in [0, 0.05) is 15.6 Å². The van der Waals surface area contributed by atoms with E-state index in [4.69, 9.17) is 5.73 Å². The van der Waals surface area contributed by atoms with E-state index in [0.717, 1.165) is 0 Å². The van der Waals surface area contributed by atoms with E-state index in [1.807, 2.05) is 0 Å². The summed E-state index contributed by atoms with van der Waals surface area (Å²) in [5, 5.41) is 0. The lowest BCUT2D eigenvalue weighted by molar-refractivity contribution is 0.487. The van der Waals surface area contributed by atoms with E-state index in [9.17, 15) is 13.2 Å². The van der Waals surface area contributed by atoms with Crippen LogP contribution in [0.2, 0.25) is 0 Å². The van der Waals surface area contributed by atoms with Crippen LogP contribution in [0.5, 0.6) is 0 Å². The summed E-state index contributed by atoms with van der Waals surface area (Å²) in [5.74, 6) is -2.55. The molecule has 0 aliphatic rings. The van der Waals surface area contributed by atoms with Crippen LogP contribution in [-0.2, 0) is 0 Å². The maximum absolute atomic E-state index is 13.8. The standard InChI is InChI=1S/C14H11BrF3N/c1-7-2-4-9(13(18)12(7)17)14(19)10-6-8(15)3-5-11(10)16/h2-6,14H,19H2,1H3. The minimum atomic E-state index is -1.06. The van der Waals surface area contributed by atoms with Gasteiger partial charge in [-0.2, -0.15) is 0 Å². The predicted octanol–water partition coefficient (Wildman–Crippen LogP) is 4.22. The first kappa shape index (κ1) is 14.1. The van der Waals surface area contributed by atoms with E-state index in [1.54, 1.807) is 0 Å². The Morgan fingerprint density at radius 3 is 2.37 bits per heavy atom. The van der Waals surface area contributed by atoms with Gasteiger partial charge in [0.25, 0.3) is 0 Å². The van der Waals surface area contributed by atoms with Crippen molar-refractivity contribution >= 4 is 15.9 Å². The van der Waals surface area contributed by atoms with Crippen molar-refractivity contribution in [3.05, 3.63) is 68.9 Å². The zero-order valence-electron chi connectivity index (χ0n) is 10.1. The number of hydrogen-bond donors (Lipinski definition) is 1. The number of nitrogens with two attached hydrogens (primary N) is 1. The van der Waals surface area contributed by atoms with Crippen molar-refractivity contribution in [3.63, 3.8) is 0 Å². The molecule has 1 unspecified atom stereocenters. The third-order valence-electron chi connectivity index (χ3n) is 2.93. The van der Waals surface area contributed by atoms with Gasteiger partial charge in [0.05, 0.1) is 6.04 Å². The number of benzene rings is 2. The highest BCUT2D eigenvalue weighted by Gasteiger charge is 2.20. The van der Waals surface area contributed by atoms with Gasteiger partial charge in [-0.3, -0.25) is 0 Å². The molecular formula is C14H11BrF3N. The molecule has 0 aliphatic carbocycles. The molecule has 0 amide bonds. The average Bonchev–Trinajstić information content (AvgIpc) is 2.38. The van der Waals surface area contributed by atoms with Gasteiger partial charge in [-0.1, -0.05) is 28.1 Å². The molecule has 2 rings (SSSR count). The molecule has 100 valence electrons. The normalized spacial score (nSPS) is 12.5. The Labute approximate surface area is 117 Å². The molecule has 2 aromatic rings. The summed E-state index contributed by atoms with van der Waals surface area (Å²) in [6, 6.07) is 5.92. The van der Waals surface area contributed by atoms with Gasteiger partial charge in [-0.25, -0.2) is 13.2 Å². The summed E-state index contributed by atoms with van der Waals surface area (Å²) < 4.78 is 41.7. The fourth-order valence-electron chi connectivity index (χ4n) is 1.82. The van der Waals surface area contributed by atoms with Gasteiger partial charge in [0.2, 0.25) is 0 Å². The largest absolute Gasteiger partial charge is 0.320 e. The van der Waals surface area contributed by atoms with Crippen LogP contribution in [-0.4, -0.2) is 0 Å². The van der Waals surface area contributed by atoms with Crippen LogP contribution < -0.4 is 5.73 Å². The highest BCUT2D eigenvalue weighted by atomic mass is 79.9. The predicted molar refractivity (Wildman–Crippen MR) is 71.2 cm³/mol.